The van der Waals surface area contributed by atoms with Gasteiger partial charge in [-0.25, -0.2) is 4.79 Å². The van der Waals surface area contributed by atoms with Gasteiger partial charge in [0.2, 0.25) is 0 Å². The Morgan fingerprint density at radius 3 is 2.38 bits per heavy atom. The standard InChI is InChI=1S/C12H26N2O2/c1-5-7-14(8-9-15)12(16)13-11(4)10(3)6-2/h10-11,15H,5-9H2,1-4H3,(H,13,16). The minimum atomic E-state index is -0.0660. The highest BCUT2D eigenvalue weighted by molar-refractivity contribution is 5.74. The monoisotopic (exact) mass is 230 g/mol. The summed E-state index contributed by atoms with van der Waals surface area (Å²) in [7, 11) is 0. The Balaban J connectivity index is 4.17. The highest BCUT2D eigenvalue weighted by atomic mass is 16.3. The third kappa shape index (κ3) is 5.35. The van der Waals surface area contributed by atoms with Crippen LogP contribution < -0.4 is 5.32 Å². The lowest BCUT2D eigenvalue weighted by Gasteiger charge is -2.26. The Hall–Kier alpha value is -0.770. The molecular weight excluding hydrogens is 204 g/mol. The fraction of sp³-hybridized carbons (Fsp3) is 0.917. The summed E-state index contributed by atoms with van der Waals surface area (Å²) in [6, 6.07) is 0.110. The SMILES string of the molecule is CCCN(CCO)C(=O)NC(C)C(C)CC. The van der Waals surface area contributed by atoms with Crippen LogP contribution >= 0.6 is 0 Å². The second-order valence-corrected chi connectivity index (χ2v) is 4.33. The van der Waals surface area contributed by atoms with E-state index in [9.17, 15) is 4.79 Å². The zero-order chi connectivity index (χ0) is 12.6. The first-order valence-electron chi connectivity index (χ1n) is 6.23. The Bertz CT molecular complexity index is 191. The van der Waals surface area contributed by atoms with Crippen LogP contribution in [0.15, 0.2) is 0 Å². The quantitative estimate of drug-likeness (QED) is 0.701. The molecule has 2 amide bonds. The Morgan fingerprint density at radius 2 is 1.94 bits per heavy atom. The Morgan fingerprint density at radius 1 is 1.31 bits per heavy atom. The molecule has 0 saturated carbocycles. The molecule has 2 unspecified atom stereocenters. The van der Waals surface area contributed by atoms with Crippen molar-refractivity contribution in [1.82, 2.24) is 10.2 Å². The first kappa shape index (κ1) is 15.2. The molecule has 0 fully saturated rings. The first-order valence-corrected chi connectivity index (χ1v) is 6.23. The number of aliphatic hydroxyl groups excluding tert-OH is 1. The van der Waals surface area contributed by atoms with E-state index in [0.717, 1.165) is 12.8 Å². The van der Waals surface area contributed by atoms with Crippen molar-refractivity contribution in [1.29, 1.82) is 0 Å². The van der Waals surface area contributed by atoms with E-state index in [-0.39, 0.29) is 18.7 Å². The molecule has 0 rings (SSSR count). The summed E-state index contributed by atoms with van der Waals surface area (Å²) in [5, 5.41) is 11.9. The summed E-state index contributed by atoms with van der Waals surface area (Å²) in [6.07, 6.45) is 1.96. The molecule has 2 N–H and O–H groups in total. The van der Waals surface area contributed by atoms with Gasteiger partial charge in [0.1, 0.15) is 0 Å². The number of hydrogen-bond acceptors (Lipinski definition) is 2. The van der Waals surface area contributed by atoms with Crippen molar-refractivity contribution in [2.75, 3.05) is 19.7 Å². The van der Waals surface area contributed by atoms with Gasteiger partial charge in [-0.1, -0.05) is 27.2 Å². The largest absolute Gasteiger partial charge is 0.395 e. The topological polar surface area (TPSA) is 52.6 Å². The number of carbonyl (C=O) groups is 1. The first-order chi connectivity index (χ1) is 7.56. The molecule has 0 aliphatic rings. The minimum Gasteiger partial charge on any atom is -0.395 e. The molecule has 0 aliphatic carbocycles. The molecule has 4 nitrogen and oxygen atoms in total. The van der Waals surface area contributed by atoms with E-state index in [1.807, 2.05) is 13.8 Å². The molecule has 0 aromatic heterocycles. The number of amides is 2. The third-order valence-corrected chi connectivity index (χ3v) is 3.00. The number of nitrogens with zero attached hydrogens (tertiary/aromatic N) is 1. The Kier molecular flexibility index (Phi) is 7.99. The summed E-state index contributed by atoms with van der Waals surface area (Å²) in [4.78, 5) is 13.5. The van der Waals surface area contributed by atoms with E-state index in [4.69, 9.17) is 5.11 Å². The van der Waals surface area contributed by atoms with Crippen LogP contribution in [0, 0.1) is 5.92 Å². The molecule has 0 aliphatic heterocycles. The van der Waals surface area contributed by atoms with Gasteiger partial charge < -0.3 is 15.3 Å². The van der Waals surface area contributed by atoms with Crippen LogP contribution in [0.25, 0.3) is 0 Å². The number of rotatable bonds is 7. The average molecular weight is 230 g/mol. The maximum Gasteiger partial charge on any atom is 0.317 e. The average Bonchev–Trinajstić information content (AvgIpc) is 2.27. The van der Waals surface area contributed by atoms with Gasteiger partial charge in [-0.2, -0.15) is 0 Å². The second-order valence-electron chi connectivity index (χ2n) is 4.33. The lowest BCUT2D eigenvalue weighted by Crippen LogP contribution is -2.47. The van der Waals surface area contributed by atoms with Gasteiger partial charge in [0.15, 0.2) is 0 Å². The zero-order valence-electron chi connectivity index (χ0n) is 11.0. The van der Waals surface area contributed by atoms with Gasteiger partial charge in [0, 0.05) is 19.1 Å². The van der Waals surface area contributed by atoms with Crippen molar-refractivity contribution in [3.8, 4) is 0 Å². The van der Waals surface area contributed by atoms with E-state index >= 15 is 0 Å². The lowest BCUT2D eigenvalue weighted by atomic mass is 10.0. The summed E-state index contributed by atoms with van der Waals surface area (Å²) >= 11 is 0. The third-order valence-electron chi connectivity index (χ3n) is 3.00. The molecule has 0 heterocycles. The van der Waals surface area contributed by atoms with Gasteiger partial charge in [-0.05, 0) is 19.3 Å². The smallest absolute Gasteiger partial charge is 0.317 e. The van der Waals surface area contributed by atoms with E-state index in [2.05, 4.69) is 19.2 Å². The number of hydrogen-bond donors (Lipinski definition) is 2. The van der Waals surface area contributed by atoms with Crippen LogP contribution in [0.2, 0.25) is 0 Å². The molecule has 16 heavy (non-hydrogen) atoms. The molecule has 0 aromatic rings. The number of urea groups is 1. The maximum atomic E-state index is 11.9. The fourth-order valence-electron chi connectivity index (χ4n) is 1.49. The summed E-state index contributed by atoms with van der Waals surface area (Å²) < 4.78 is 0. The molecular formula is C12H26N2O2. The molecule has 0 radical (unpaired) electrons. The van der Waals surface area contributed by atoms with Gasteiger partial charge in [-0.15, -0.1) is 0 Å². The highest BCUT2D eigenvalue weighted by Crippen LogP contribution is 2.07. The molecule has 0 aromatic carbocycles. The van der Waals surface area contributed by atoms with Crippen molar-refractivity contribution >= 4 is 6.03 Å². The number of aliphatic hydroxyl groups is 1. The van der Waals surface area contributed by atoms with Crippen molar-refractivity contribution in [3.63, 3.8) is 0 Å². The molecule has 0 bridgehead atoms. The van der Waals surface area contributed by atoms with Gasteiger partial charge in [0.05, 0.1) is 6.61 Å². The zero-order valence-corrected chi connectivity index (χ0v) is 11.0. The molecule has 2 atom stereocenters. The normalized spacial score (nSPS) is 14.3. The number of nitrogens with one attached hydrogen (secondary N) is 1. The van der Waals surface area contributed by atoms with Gasteiger partial charge in [-0.3, -0.25) is 0 Å². The van der Waals surface area contributed by atoms with Crippen molar-refractivity contribution in [2.45, 2.75) is 46.6 Å². The molecule has 96 valence electrons. The van der Waals surface area contributed by atoms with E-state index < -0.39 is 0 Å². The van der Waals surface area contributed by atoms with Gasteiger partial charge in [0.25, 0.3) is 0 Å². The Labute approximate surface area is 99.0 Å². The number of carbonyl (C=O) groups excluding carboxylic acids is 1. The van der Waals surface area contributed by atoms with Gasteiger partial charge >= 0.3 is 6.03 Å². The predicted octanol–water partition coefficient (Wildman–Crippen LogP) is 1.83. The highest BCUT2D eigenvalue weighted by Gasteiger charge is 2.17. The van der Waals surface area contributed by atoms with Crippen molar-refractivity contribution in [2.24, 2.45) is 5.92 Å². The predicted molar refractivity (Wildman–Crippen MR) is 66.4 cm³/mol. The maximum absolute atomic E-state index is 11.9. The van der Waals surface area contributed by atoms with Crippen LogP contribution in [0.4, 0.5) is 4.79 Å². The fourth-order valence-corrected chi connectivity index (χ4v) is 1.49. The van der Waals surface area contributed by atoms with E-state index in [1.54, 1.807) is 4.90 Å². The van der Waals surface area contributed by atoms with Crippen molar-refractivity contribution < 1.29 is 9.90 Å². The van der Waals surface area contributed by atoms with Crippen LogP contribution in [0.5, 0.6) is 0 Å². The summed E-state index contributed by atoms with van der Waals surface area (Å²) in [5.74, 6) is 0.474. The van der Waals surface area contributed by atoms with E-state index in [1.165, 1.54) is 0 Å². The molecule has 0 saturated heterocycles. The van der Waals surface area contributed by atoms with Crippen LogP contribution in [-0.2, 0) is 0 Å². The van der Waals surface area contributed by atoms with Crippen LogP contribution in [0.1, 0.15) is 40.5 Å². The second kappa shape index (κ2) is 8.39. The van der Waals surface area contributed by atoms with Crippen molar-refractivity contribution in [3.05, 3.63) is 0 Å². The van der Waals surface area contributed by atoms with Crippen LogP contribution in [0.3, 0.4) is 0 Å². The molecule has 0 spiro atoms. The minimum absolute atomic E-state index is 0.0190. The summed E-state index contributed by atoms with van der Waals surface area (Å²) in [5.41, 5.74) is 0. The lowest BCUT2D eigenvalue weighted by molar-refractivity contribution is 0.171. The van der Waals surface area contributed by atoms with E-state index in [0.29, 0.717) is 19.0 Å². The summed E-state index contributed by atoms with van der Waals surface area (Å²) in [6.45, 7) is 9.41. The van der Waals surface area contributed by atoms with Crippen LogP contribution in [-0.4, -0.2) is 41.8 Å². The molecule has 4 heteroatoms.